The lowest BCUT2D eigenvalue weighted by molar-refractivity contribution is 0.0731. The van der Waals surface area contributed by atoms with Gasteiger partial charge >= 0.3 is 0 Å². The molecule has 25 heavy (non-hydrogen) atoms. The second-order valence-electron chi connectivity index (χ2n) is 6.20. The van der Waals surface area contributed by atoms with Gasteiger partial charge in [-0.3, -0.25) is 9.78 Å². The number of ether oxygens (including phenoxy) is 1. The lowest BCUT2D eigenvalue weighted by Gasteiger charge is -2.35. The highest BCUT2D eigenvalue weighted by molar-refractivity contribution is 5.94. The van der Waals surface area contributed by atoms with Crippen LogP contribution in [0.3, 0.4) is 0 Å². The predicted octanol–water partition coefficient (Wildman–Crippen LogP) is 1.50. The largest absolute Gasteiger partial charge is 0.380 e. The van der Waals surface area contributed by atoms with Gasteiger partial charge in [-0.25, -0.2) is 4.98 Å². The molecule has 1 aliphatic heterocycles. The molecule has 0 aromatic carbocycles. The van der Waals surface area contributed by atoms with E-state index in [2.05, 4.69) is 20.0 Å². The van der Waals surface area contributed by atoms with Crippen LogP contribution < -0.4 is 4.90 Å². The quantitative estimate of drug-likeness (QED) is 0.830. The van der Waals surface area contributed by atoms with E-state index in [9.17, 15) is 4.79 Å². The Morgan fingerprint density at radius 2 is 1.96 bits per heavy atom. The number of aryl methyl sites for hydroxylation is 3. The molecule has 0 aliphatic carbocycles. The molecular formula is C17H23N5O3. The Bertz CT molecular complexity index is 766. The van der Waals surface area contributed by atoms with Crippen LogP contribution in [0.1, 0.15) is 33.2 Å². The van der Waals surface area contributed by atoms with Crippen molar-refractivity contribution in [3.63, 3.8) is 0 Å². The normalized spacial score (nSPS) is 14.9. The van der Waals surface area contributed by atoms with Crippen molar-refractivity contribution in [3.05, 3.63) is 34.6 Å². The van der Waals surface area contributed by atoms with Crippen LogP contribution >= 0.6 is 0 Å². The second kappa shape index (κ2) is 7.18. The molecule has 0 saturated carbocycles. The van der Waals surface area contributed by atoms with Gasteiger partial charge in [0.25, 0.3) is 5.91 Å². The molecule has 2 aromatic rings. The summed E-state index contributed by atoms with van der Waals surface area (Å²) in [4.78, 5) is 25.7. The summed E-state index contributed by atoms with van der Waals surface area (Å²) in [7, 11) is 1.59. The molecule has 0 spiro atoms. The van der Waals surface area contributed by atoms with E-state index in [4.69, 9.17) is 9.26 Å². The summed E-state index contributed by atoms with van der Waals surface area (Å²) in [6.07, 6.45) is 1.77. The van der Waals surface area contributed by atoms with E-state index in [1.54, 1.807) is 25.1 Å². The minimum Gasteiger partial charge on any atom is -0.380 e. The zero-order valence-corrected chi connectivity index (χ0v) is 15.1. The highest BCUT2D eigenvalue weighted by Gasteiger charge is 2.28. The molecule has 1 aliphatic rings. The molecule has 3 rings (SSSR count). The first-order chi connectivity index (χ1) is 12.0. The Morgan fingerprint density at radius 1 is 1.24 bits per heavy atom. The van der Waals surface area contributed by atoms with Crippen LogP contribution in [-0.2, 0) is 11.3 Å². The number of carbonyl (C=O) groups is 1. The third-order valence-corrected chi connectivity index (χ3v) is 4.39. The Labute approximate surface area is 146 Å². The lowest BCUT2D eigenvalue weighted by atomic mass is 10.1. The van der Waals surface area contributed by atoms with E-state index in [1.165, 1.54) is 0 Å². The molecule has 1 amide bonds. The van der Waals surface area contributed by atoms with Crippen LogP contribution in [0.25, 0.3) is 0 Å². The zero-order chi connectivity index (χ0) is 18.0. The van der Waals surface area contributed by atoms with Gasteiger partial charge in [0.1, 0.15) is 11.6 Å². The average molecular weight is 345 g/mol. The number of carbonyl (C=O) groups excluding carboxylic acids is 1. The minimum atomic E-state index is -0.115. The van der Waals surface area contributed by atoms with Crippen LogP contribution in [-0.4, -0.2) is 59.2 Å². The number of hydrogen-bond acceptors (Lipinski definition) is 7. The Hall–Kier alpha value is -2.48. The zero-order valence-electron chi connectivity index (χ0n) is 15.1. The van der Waals surface area contributed by atoms with Gasteiger partial charge in [-0.1, -0.05) is 5.16 Å². The van der Waals surface area contributed by atoms with Crippen LogP contribution in [0.2, 0.25) is 0 Å². The Balaban J connectivity index is 1.70. The SMILES string of the molecule is COCc1c(C(=O)N2CCN(c3nc(C)cnc3C)CC2)noc1C. The number of methoxy groups -OCH3 is 1. The predicted molar refractivity (Wildman–Crippen MR) is 91.6 cm³/mol. The molecule has 8 nitrogen and oxygen atoms in total. The first-order valence-corrected chi connectivity index (χ1v) is 8.29. The summed E-state index contributed by atoms with van der Waals surface area (Å²) in [5.41, 5.74) is 2.86. The second-order valence-corrected chi connectivity index (χ2v) is 6.20. The van der Waals surface area contributed by atoms with Gasteiger partial charge in [0.15, 0.2) is 5.69 Å². The standard InChI is InChI=1S/C17H23N5O3/c1-11-9-18-12(2)16(19-11)21-5-7-22(8-6-21)17(23)15-14(10-24-4)13(3)25-20-15/h9H,5-8,10H2,1-4H3. The van der Waals surface area contributed by atoms with E-state index < -0.39 is 0 Å². The van der Waals surface area contributed by atoms with Crippen molar-refractivity contribution >= 4 is 11.7 Å². The summed E-state index contributed by atoms with van der Waals surface area (Å²) in [5, 5.41) is 3.93. The minimum absolute atomic E-state index is 0.115. The van der Waals surface area contributed by atoms with E-state index in [0.717, 1.165) is 22.8 Å². The van der Waals surface area contributed by atoms with Crippen molar-refractivity contribution in [3.8, 4) is 0 Å². The van der Waals surface area contributed by atoms with Crippen molar-refractivity contribution in [1.82, 2.24) is 20.0 Å². The smallest absolute Gasteiger partial charge is 0.276 e. The fraction of sp³-hybridized carbons (Fsp3) is 0.529. The molecule has 0 unspecified atom stereocenters. The van der Waals surface area contributed by atoms with Gasteiger partial charge in [-0.05, 0) is 20.8 Å². The van der Waals surface area contributed by atoms with E-state index in [0.29, 0.717) is 44.2 Å². The fourth-order valence-electron chi connectivity index (χ4n) is 2.97. The van der Waals surface area contributed by atoms with Crippen molar-refractivity contribution < 1.29 is 14.1 Å². The maximum absolute atomic E-state index is 12.8. The third kappa shape index (κ3) is 3.48. The highest BCUT2D eigenvalue weighted by Crippen LogP contribution is 2.20. The maximum Gasteiger partial charge on any atom is 0.276 e. The molecule has 0 radical (unpaired) electrons. The fourth-order valence-corrected chi connectivity index (χ4v) is 2.97. The molecule has 8 heteroatoms. The number of piperazine rings is 1. The number of nitrogens with zero attached hydrogens (tertiary/aromatic N) is 5. The van der Waals surface area contributed by atoms with Gasteiger partial charge < -0.3 is 19.1 Å². The molecular weight excluding hydrogens is 322 g/mol. The lowest BCUT2D eigenvalue weighted by Crippen LogP contribution is -2.49. The number of aromatic nitrogens is 3. The summed E-state index contributed by atoms with van der Waals surface area (Å²) in [5.74, 6) is 1.40. The summed E-state index contributed by atoms with van der Waals surface area (Å²) in [6.45, 7) is 8.61. The molecule has 0 atom stereocenters. The van der Waals surface area contributed by atoms with E-state index in [1.807, 2.05) is 13.8 Å². The summed E-state index contributed by atoms with van der Waals surface area (Å²) in [6, 6.07) is 0. The Morgan fingerprint density at radius 3 is 2.64 bits per heavy atom. The van der Waals surface area contributed by atoms with Gasteiger partial charge in [0.2, 0.25) is 0 Å². The summed E-state index contributed by atoms with van der Waals surface area (Å²) >= 11 is 0. The van der Waals surface area contributed by atoms with E-state index >= 15 is 0 Å². The number of anilines is 1. The van der Waals surface area contributed by atoms with Gasteiger partial charge in [0.05, 0.1) is 23.6 Å². The van der Waals surface area contributed by atoms with Gasteiger partial charge in [-0.2, -0.15) is 0 Å². The summed E-state index contributed by atoms with van der Waals surface area (Å²) < 4.78 is 10.3. The van der Waals surface area contributed by atoms with Crippen molar-refractivity contribution in [2.75, 3.05) is 38.2 Å². The van der Waals surface area contributed by atoms with E-state index in [-0.39, 0.29) is 5.91 Å². The molecule has 0 N–H and O–H groups in total. The number of rotatable bonds is 4. The monoisotopic (exact) mass is 345 g/mol. The third-order valence-electron chi connectivity index (χ3n) is 4.39. The van der Waals surface area contributed by atoms with Gasteiger partial charge in [0, 0.05) is 39.5 Å². The average Bonchev–Trinajstić information content (AvgIpc) is 2.98. The highest BCUT2D eigenvalue weighted by atomic mass is 16.5. The van der Waals surface area contributed by atoms with Crippen LogP contribution in [0.4, 0.5) is 5.82 Å². The maximum atomic E-state index is 12.8. The number of amides is 1. The van der Waals surface area contributed by atoms with Crippen molar-refractivity contribution in [2.45, 2.75) is 27.4 Å². The van der Waals surface area contributed by atoms with Crippen LogP contribution in [0.15, 0.2) is 10.7 Å². The molecule has 2 aromatic heterocycles. The van der Waals surface area contributed by atoms with Crippen molar-refractivity contribution in [2.24, 2.45) is 0 Å². The first kappa shape index (κ1) is 17.3. The van der Waals surface area contributed by atoms with Crippen molar-refractivity contribution in [1.29, 1.82) is 0 Å². The first-order valence-electron chi connectivity index (χ1n) is 8.29. The molecule has 1 fully saturated rings. The van der Waals surface area contributed by atoms with Crippen LogP contribution in [0, 0.1) is 20.8 Å². The number of hydrogen-bond donors (Lipinski definition) is 0. The van der Waals surface area contributed by atoms with Crippen LogP contribution in [0.5, 0.6) is 0 Å². The molecule has 3 heterocycles. The van der Waals surface area contributed by atoms with Gasteiger partial charge in [-0.15, -0.1) is 0 Å². The Kier molecular flexibility index (Phi) is 4.98. The molecule has 1 saturated heterocycles. The molecule has 134 valence electrons. The molecule has 0 bridgehead atoms. The topological polar surface area (TPSA) is 84.6 Å².